The van der Waals surface area contributed by atoms with Crippen LogP contribution in [0, 0.1) is 0 Å². The van der Waals surface area contributed by atoms with Gasteiger partial charge in [-0.05, 0) is 25.0 Å². The third-order valence-electron chi connectivity index (χ3n) is 5.99. The fraction of sp³-hybridized carbons (Fsp3) is 0.731. The molecule has 0 aliphatic heterocycles. The highest BCUT2D eigenvalue weighted by atomic mass is 79.9. The van der Waals surface area contributed by atoms with Crippen LogP contribution in [0.2, 0.25) is 0 Å². The van der Waals surface area contributed by atoms with Crippen molar-refractivity contribution in [3.8, 4) is 0 Å². The number of hydrazine groups is 1. The zero-order chi connectivity index (χ0) is 22.2. The zero-order valence-corrected chi connectivity index (χ0v) is 22.5. The number of rotatable bonds is 17. The minimum Gasteiger partial charge on any atom is -1.00 e. The van der Waals surface area contributed by atoms with Gasteiger partial charge in [-0.25, -0.2) is 5.01 Å². The van der Waals surface area contributed by atoms with E-state index in [1.807, 2.05) is 54.4 Å². The number of hydrogen-bond donors (Lipinski definition) is 0. The first kappa shape index (κ1) is 30.1. The molecule has 0 aromatic heterocycles. The van der Waals surface area contributed by atoms with E-state index in [2.05, 4.69) is 21.0 Å². The van der Waals surface area contributed by atoms with Gasteiger partial charge in [-0.15, -0.1) is 0 Å². The van der Waals surface area contributed by atoms with Crippen molar-refractivity contribution >= 4 is 5.91 Å². The average molecular weight is 499 g/mol. The summed E-state index contributed by atoms with van der Waals surface area (Å²) < 4.78 is 1.04. The van der Waals surface area contributed by atoms with Crippen molar-refractivity contribution < 1.29 is 26.3 Å². The lowest BCUT2D eigenvalue weighted by molar-refractivity contribution is -0.890. The molecule has 31 heavy (non-hydrogen) atoms. The molecule has 0 unspecified atom stereocenters. The summed E-state index contributed by atoms with van der Waals surface area (Å²) in [5.74, 6) is 0.0839. The Kier molecular flexibility index (Phi) is 17.1. The minimum atomic E-state index is 0. The van der Waals surface area contributed by atoms with Crippen LogP contribution < -0.4 is 17.0 Å². The summed E-state index contributed by atoms with van der Waals surface area (Å²) >= 11 is 0. The van der Waals surface area contributed by atoms with Crippen LogP contribution in [0.4, 0.5) is 0 Å². The predicted molar refractivity (Wildman–Crippen MR) is 129 cm³/mol. The monoisotopic (exact) mass is 497 g/mol. The summed E-state index contributed by atoms with van der Waals surface area (Å²) in [6.45, 7) is 5.37. The normalized spacial score (nSPS) is 11.4. The smallest absolute Gasteiger partial charge is 0.268 e. The summed E-state index contributed by atoms with van der Waals surface area (Å²) in [7, 11) is 8.55. The first-order valence-corrected chi connectivity index (χ1v) is 12.2. The van der Waals surface area contributed by atoms with E-state index in [1.165, 1.54) is 70.8 Å². The van der Waals surface area contributed by atoms with Gasteiger partial charge in [0.25, 0.3) is 5.91 Å². The Bertz CT molecular complexity index is 563. The van der Waals surface area contributed by atoms with Crippen LogP contribution in [0.25, 0.3) is 0 Å². The van der Waals surface area contributed by atoms with Crippen LogP contribution >= 0.6 is 0 Å². The maximum Gasteiger partial charge on any atom is 0.268 e. The molecule has 4 nitrogen and oxygen atoms in total. The second kappa shape index (κ2) is 17.6. The molecular formula is C26H48BrN3O. The standard InChI is InChI=1S/C26H48N3O.BrH/c1-6-7-8-9-10-11-12-13-14-18-23-29(4,5)24-19-22-28(27(2)3)26(30)25-20-16-15-17-21-25;/h15-17,20-21H,6-14,18-19,22-24H2,1-5H3;1H/q+1;/p-1. The number of halogens is 1. The van der Waals surface area contributed by atoms with Gasteiger partial charge < -0.3 is 21.5 Å². The molecule has 0 atom stereocenters. The molecule has 0 aliphatic carbocycles. The lowest BCUT2D eigenvalue weighted by Gasteiger charge is -2.33. The molecule has 1 aromatic rings. The van der Waals surface area contributed by atoms with E-state index < -0.39 is 0 Å². The van der Waals surface area contributed by atoms with Crippen LogP contribution in [0.15, 0.2) is 30.3 Å². The molecule has 0 bridgehead atoms. The number of hydrogen-bond acceptors (Lipinski definition) is 2. The molecule has 0 radical (unpaired) electrons. The molecule has 1 rings (SSSR count). The van der Waals surface area contributed by atoms with Gasteiger partial charge in [0, 0.05) is 32.6 Å². The molecule has 1 aromatic carbocycles. The molecule has 0 fully saturated rings. The summed E-state index contributed by atoms with van der Waals surface area (Å²) in [6, 6.07) is 9.58. The Morgan fingerprint density at radius 3 is 1.77 bits per heavy atom. The van der Waals surface area contributed by atoms with Gasteiger partial charge in [0.1, 0.15) is 0 Å². The molecule has 0 saturated carbocycles. The number of benzene rings is 1. The summed E-state index contributed by atoms with van der Waals surface area (Å²) in [4.78, 5) is 12.8. The van der Waals surface area contributed by atoms with Gasteiger partial charge in [-0.1, -0.05) is 76.5 Å². The van der Waals surface area contributed by atoms with Crippen LogP contribution in [-0.2, 0) is 0 Å². The second-order valence-electron chi connectivity index (χ2n) is 9.56. The van der Waals surface area contributed by atoms with E-state index in [0.29, 0.717) is 0 Å². The van der Waals surface area contributed by atoms with Gasteiger partial charge in [-0.2, -0.15) is 0 Å². The average Bonchev–Trinajstić information content (AvgIpc) is 2.72. The van der Waals surface area contributed by atoms with Crippen molar-refractivity contribution in [3.63, 3.8) is 0 Å². The van der Waals surface area contributed by atoms with Crippen molar-refractivity contribution in [1.29, 1.82) is 0 Å². The van der Waals surface area contributed by atoms with E-state index in [1.54, 1.807) is 0 Å². The number of nitrogens with zero attached hydrogens (tertiary/aromatic N) is 3. The SMILES string of the molecule is CCCCCCCCCCCC[N+](C)(C)CCCN(C(=O)c1ccccc1)N(C)C.[Br-]. The van der Waals surface area contributed by atoms with Crippen molar-refractivity contribution in [2.24, 2.45) is 0 Å². The lowest BCUT2D eigenvalue weighted by atomic mass is 10.1. The molecule has 180 valence electrons. The number of amides is 1. The van der Waals surface area contributed by atoms with Crippen molar-refractivity contribution in [1.82, 2.24) is 10.0 Å². The number of unbranched alkanes of at least 4 members (excludes halogenated alkanes) is 9. The lowest BCUT2D eigenvalue weighted by Crippen LogP contribution is -3.00. The van der Waals surface area contributed by atoms with E-state index >= 15 is 0 Å². The first-order chi connectivity index (χ1) is 14.4. The van der Waals surface area contributed by atoms with Crippen molar-refractivity contribution in [2.75, 3.05) is 47.8 Å². The summed E-state index contributed by atoms with van der Waals surface area (Å²) in [6.07, 6.45) is 14.9. The van der Waals surface area contributed by atoms with Gasteiger partial charge in [0.2, 0.25) is 0 Å². The highest BCUT2D eigenvalue weighted by Crippen LogP contribution is 2.13. The molecular weight excluding hydrogens is 450 g/mol. The predicted octanol–water partition coefficient (Wildman–Crippen LogP) is 3.00. The van der Waals surface area contributed by atoms with E-state index in [-0.39, 0.29) is 22.9 Å². The summed E-state index contributed by atoms with van der Waals surface area (Å²) in [5.41, 5.74) is 0.755. The number of carbonyl (C=O) groups is 1. The molecule has 1 amide bonds. The van der Waals surface area contributed by atoms with E-state index in [4.69, 9.17) is 0 Å². The van der Waals surface area contributed by atoms with Gasteiger partial charge in [-0.3, -0.25) is 9.80 Å². The molecule has 0 aliphatic rings. The third-order valence-corrected chi connectivity index (χ3v) is 5.99. The maximum atomic E-state index is 12.8. The molecule has 0 spiro atoms. The maximum absolute atomic E-state index is 12.8. The second-order valence-corrected chi connectivity index (χ2v) is 9.56. The third kappa shape index (κ3) is 14.0. The van der Waals surface area contributed by atoms with E-state index in [0.717, 1.165) is 29.6 Å². The largest absolute Gasteiger partial charge is 1.00 e. The Morgan fingerprint density at radius 1 is 0.774 bits per heavy atom. The first-order valence-electron chi connectivity index (χ1n) is 12.2. The van der Waals surface area contributed by atoms with Crippen LogP contribution in [0.3, 0.4) is 0 Å². The molecule has 0 heterocycles. The zero-order valence-electron chi connectivity index (χ0n) is 20.9. The summed E-state index contributed by atoms with van der Waals surface area (Å²) in [5, 5.41) is 3.77. The van der Waals surface area contributed by atoms with Crippen LogP contribution in [-0.4, -0.2) is 68.2 Å². The highest BCUT2D eigenvalue weighted by Gasteiger charge is 2.20. The van der Waals surface area contributed by atoms with Gasteiger partial charge >= 0.3 is 0 Å². The topological polar surface area (TPSA) is 23.6 Å². The van der Waals surface area contributed by atoms with Crippen molar-refractivity contribution in [3.05, 3.63) is 35.9 Å². The quantitative estimate of drug-likeness (QED) is 0.187. The Balaban J connectivity index is 0.00000900. The Hall–Kier alpha value is -0.910. The Morgan fingerprint density at radius 2 is 1.26 bits per heavy atom. The number of carbonyl (C=O) groups excluding carboxylic acids is 1. The molecule has 0 saturated heterocycles. The van der Waals surface area contributed by atoms with Crippen LogP contribution in [0.5, 0.6) is 0 Å². The molecule has 5 heteroatoms. The highest BCUT2D eigenvalue weighted by molar-refractivity contribution is 5.93. The fourth-order valence-electron chi connectivity index (χ4n) is 4.00. The van der Waals surface area contributed by atoms with Crippen molar-refractivity contribution in [2.45, 2.75) is 77.6 Å². The van der Waals surface area contributed by atoms with Gasteiger partial charge in [0.05, 0.1) is 27.2 Å². The fourth-order valence-corrected chi connectivity index (χ4v) is 4.00. The van der Waals surface area contributed by atoms with E-state index in [9.17, 15) is 4.79 Å². The molecule has 0 N–H and O–H groups in total. The van der Waals surface area contributed by atoms with Crippen LogP contribution in [0.1, 0.15) is 87.9 Å². The minimum absolute atomic E-state index is 0. The Labute approximate surface area is 203 Å². The number of quaternary nitrogens is 1. The van der Waals surface area contributed by atoms with Gasteiger partial charge in [0.15, 0.2) is 0 Å².